The Hall–Kier alpha value is -3.80. The van der Waals surface area contributed by atoms with E-state index in [-0.39, 0.29) is 18.2 Å². The SMILES string of the molecule is CCCNC(=O)[C@H](Cc1ccccc1)N(Cc1ccccc1)C(=O)CCCOc1ccc(OC)cc1. The Kier molecular flexibility index (Phi) is 10.8. The number of carbonyl (C=O) groups is 2. The van der Waals surface area contributed by atoms with Crippen molar-refractivity contribution in [1.29, 1.82) is 0 Å². The quantitative estimate of drug-likeness (QED) is 0.324. The van der Waals surface area contributed by atoms with Crippen LogP contribution in [0.15, 0.2) is 84.9 Å². The van der Waals surface area contributed by atoms with Crippen LogP contribution in [-0.2, 0) is 22.6 Å². The summed E-state index contributed by atoms with van der Waals surface area (Å²) in [6, 6.07) is 26.4. The van der Waals surface area contributed by atoms with Gasteiger partial charge in [0.15, 0.2) is 0 Å². The van der Waals surface area contributed by atoms with Crippen molar-refractivity contribution in [2.45, 2.75) is 45.2 Å². The predicted octanol–water partition coefficient (Wildman–Crippen LogP) is 5.02. The number of rotatable bonds is 14. The van der Waals surface area contributed by atoms with E-state index in [0.717, 1.165) is 29.0 Å². The molecule has 0 radical (unpaired) electrons. The number of nitrogens with zero attached hydrogens (tertiary/aromatic N) is 1. The fourth-order valence-electron chi connectivity index (χ4n) is 3.93. The molecular weight excluding hydrogens is 452 g/mol. The van der Waals surface area contributed by atoms with Gasteiger partial charge in [-0.3, -0.25) is 9.59 Å². The molecule has 2 amide bonds. The fourth-order valence-corrected chi connectivity index (χ4v) is 3.93. The molecule has 36 heavy (non-hydrogen) atoms. The molecule has 0 aliphatic heterocycles. The molecule has 0 aliphatic rings. The van der Waals surface area contributed by atoms with Crippen molar-refractivity contribution >= 4 is 11.8 Å². The van der Waals surface area contributed by atoms with E-state index in [1.54, 1.807) is 12.0 Å². The molecule has 6 nitrogen and oxygen atoms in total. The van der Waals surface area contributed by atoms with Gasteiger partial charge in [0.05, 0.1) is 13.7 Å². The monoisotopic (exact) mass is 488 g/mol. The highest BCUT2D eigenvalue weighted by Crippen LogP contribution is 2.19. The van der Waals surface area contributed by atoms with Crippen LogP contribution < -0.4 is 14.8 Å². The molecule has 6 heteroatoms. The number of nitrogens with one attached hydrogen (secondary N) is 1. The van der Waals surface area contributed by atoms with Crippen molar-refractivity contribution in [2.75, 3.05) is 20.3 Å². The lowest BCUT2D eigenvalue weighted by Gasteiger charge is -2.31. The number of hydrogen-bond acceptors (Lipinski definition) is 4. The molecule has 3 rings (SSSR count). The van der Waals surface area contributed by atoms with Crippen LogP contribution in [0.2, 0.25) is 0 Å². The van der Waals surface area contributed by atoms with Crippen molar-refractivity contribution in [1.82, 2.24) is 10.2 Å². The minimum absolute atomic E-state index is 0.0650. The summed E-state index contributed by atoms with van der Waals surface area (Å²) in [6.07, 6.45) is 2.12. The van der Waals surface area contributed by atoms with Crippen LogP contribution in [0.25, 0.3) is 0 Å². The fraction of sp³-hybridized carbons (Fsp3) is 0.333. The Balaban J connectivity index is 1.72. The van der Waals surface area contributed by atoms with Crippen LogP contribution >= 0.6 is 0 Å². The predicted molar refractivity (Wildman–Crippen MR) is 142 cm³/mol. The van der Waals surface area contributed by atoms with Crippen LogP contribution in [0.4, 0.5) is 0 Å². The molecule has 3 aromatic carbocycles. The average Bonchev–Trinajstić information content (AvgIpc) is 2.93. The summed E-state index contributed by atoms with van der Waals surface area (Å²) in [5, 5.41) is 3.00. The molecule has 0 heterocycles. The zero-order valence-electron chi connectivity index (χ0n) is 21.2. The Morgan fingerprint density at radius 1 is 0.861 bits per heavy atom. The summed E-state index contributed by atoms with van der Waals surface area (Å²) in [7, 11) is 1.62. The summed E-state index contributed by atoms with van der Waals surface area (Å²) in [4.78, 5) is 28.5. The smallest absolute Gasteiger partial charge is 0.243 e. The van der Waals surface area contributed by atoms with Crippen molar-refractivity contribution < 1.29 is 19.1 Å². The molecule has 1 N–H and O–H groups in total. The van der Waals surface area contributed by atoms with Crippen molar-refractivity contribution in [3.05, 3.63) is 96.1 Å². The summed E-state index contributed by atoms with van der Waals surface area (Å²) in [5.74, 6) is 1.30. The first kappa shape index (κ1) is 26.8. The highest BCUT2D eigenvalue weighted by Gasteiger charge is 2.29. The normalized spacial score (nSPS) is 11.4. The van der Waals surface area contributed by atoms with Crippen LogP contribution in [0, 0.1) is 0 Å². The van der Waals surface area contributed by atoms with Gasteiger partial charge in [-0.25, -0.2) is 0 Å². The van der Waals surface area contributed by atoms with E-state index in [2.05, 4.69) is 5.32 Å². The summed E-state index contributed by atoms with van der Waals surface area (Å²) in [6.45, 7) is 3.37. The molecule has 1 atom stereocenters. The third kappa shape index (κ3) is 8.45. The van der Waals surface area contributed by atoms with Gasteiger partial charge in [-0.15, -0.1) is 0 Å². The Morgan fingerprint density at radius 2 is 1.47 bits per heavy atom. The van der Waals surface area contributed by atoms with Gasteiger partial charge in [0.1, 0.15) is 17.5 Å². The van der Waals surface area contributed by atoms with Gasteiger partial charge >= 0.3 is 0 Å². The molecule has 0 fully saturated rings. The lowest BCUT2D eigenvalue weighted by atomic mass is 10.0. The number of ether oxygens (including phenoxy) is 2. The van der Waals surface area contributed by atoms with E-state index < -0.39 is 6.04 Å². The highest BCUT2D eigenvalue weighted by molar-refractivity contribution is 5.88. The second kappa shape index (κ2) is 14.6. The van der Waals surface area contributed by atoms with Gasteiger partial charge in [-0.2, -0.15) is 0 Å². The van der Waals surface area contributed by atoms with E-state index in [1.165, 1.54) is 0 Å². The van der Waals surface area contributed by atoms with Crippen molar-refractivity contribution in [2.24, 2.45) is 0 Å². The average molecular weight is 489 g/mol. The van der Waals surface area contributed by atoms with Crippen LogP contribution in [-0.4, -0.2) is 43.0 Å². The largest absolute Gasteiger partial charge is 0.497 e. The lowest BCUT2D eigenvalue weighted by molar-refractivity contribution is -0.141. The number of carbonyl (C=O) groups excluding carboxylic acids is 2. The second-order valence-corrected chi connectivity index (χ2v) is 8.63. The molecule has 0 aromatic heterocycles. The number of benzene rings is 3. The molecule has 0 spiro atoms. The van der Waals surface area contributed by atoms with Gasteiger partial charge in [0, 0.05) is 25.9 Å². The summed E-state index contributed by atoms with van der Waals surface area (Å²) in [5.41, 5.74) is 2.00. The standard InChI is InChI=1S/C30H36N2O4/c1-3-20-31-30(34)28(22-24-11-6-4-7-12-24)32(23-25-13-8-5-9-14-25)29(33)15-10-21-36-27-18-16-26(35-2)17-19-27/h4-9,11-14,16-19,28H,3,10,15,20-23H2,1-2H3,(H,31,34)/t28-/m0/s1. The minimum Gasteiger partial charge on any atom is -0.497 e. The maximum Gasteiger partial charge on any atom is 0.243 e. The molecule has 0 bridgehead atoms. The Bertz CT molecular complexity index is 1060. The minimum atomic E-state index is -0.603. The number of amides is 2. The number of hydrogen-bond donors (Lipinski definition) is 1. The second-order valence-electron chi connectivity index (χ2n) is 8.63. The van der Waals surface area contributed by atoms with Crippen molar-refractivity contribution in [3.8, 4) is 11.5 Å². The molecule has 190 valence electrons. The van der Waals surface area contributed by atoms with Crippen molar-refractivity contribution in [3.63, 3.8) is 0 Å². The zero-order chi connectivity index (χ0) is 25.6. The van der Waals surface area contributed by atoms with Gasteiger partial charge in [-0.1, -0.05) is 67.6 Å². The van der Waals surface area contributed by atoms with E-state index in [4.69, 9.17) is 9.47 Å². The molecular formula is C30H36N2O4. The topological polar surface area (TPSA) is 67.9 Å². The Labute approximate surface area is 214 Å². The zero-order valence-corrected chi connectivity index (χ0v) is 21.2. The Morgan fingerprint density at radius 3 is 2.08 bits per heavy atom. The number of methoxy groups -OCH3 is 1. The third-order valence-electron chi connectivity index (χ3n) is 5.88. The molecule has 0 saturated heterocycles. The first-order valence-corrected chi connectivity index (χ1v) is 12.5. The van der Waals surface area contributed by atoms with Crippen LogP contribution in [0.3, 0.4) is 0 Å². The first-order chi connectivity index (χ1) is 17.6. The van der Waals surface area contributed by atoms with Crippen LogP contribution in [0.1, 0.15) is 37.3 Å². The highest BCUT2D eigenvalue weighted by atomic mass is 16.5. The molecule has 0 saturated carbocycles. The van der Waals surface area contributed by atoms with Crippen LogP contribution in [0.5, 0.6) is 11.5 Å². The maximum atomic E-state index is 13.5. The maximum absolute atomic E-state index is 13.5. The van der Waals surface area contributed by atoms with E-state index in [0.29, 0.717) is 32.5 Å². The van der Waals surface area contributed by atoms with Gasteiger partial charge < -0.3 is 19.7 Å². The van der Waals surface area contributed by atoms with E-state index in [9.17, 15) is 9.59 Å². The van der Waals surface area contributed by atoms with Gasteiger partial charge in [-0.05, 0) is 48.2 Å². The molecule has 3 aromatic rings. The molecule has 0 unspecified atom stereocenters. The first-order valence-electron chi connectivity index (χ1n) is 12.5. The third-order valence-corrected chi connectivity index (χ3v) is 5.88. The lowest BCUT2D eigenvalue weighted by Crippen LogP contribution is -2.50. The van der Waals surface area contributed by atoms with Gasteiger partial charge in [0.25, 0.3) is 0 Å². The molecule has 0 aliphatic carbocycles. The summed E-state index contributed by atoms with van der Waals surface area (Å²) < 4.78 is 11.0. The van der Waals surface area contributed by atoms with E-state index >= 15 is 0 Å². The van der Waals surface area contributed by atoms with E-state index in [1.807, 2.05) is 91.9 Å². The summed E-state index contributed by atoms with van der Waals surface area (Å²) >= 11 is 0. The van der Waals surface area contributed by atoms with Gasteiger partial charge in [0.2, 0.25) is 11.8 Å².